The van der Waals surface area contributed by atoms with E-state index in [9.17, 15) is 0 Å². The highest BCUT2D eigenvalue weighted by molar-refractivity contribution is 6.07. The van der Waals surface area contributed by atoms with Crippen molar-refractivity contribution < 1.29 is 17.0 Å². The van der Waals surface area contributed by atoms with Crippen LogP contribution in [0.2, 0.25) is 0 Å². The van der Waals surface area contributed by atoms with Gasteiger partial charge in [0.05, 0.1) is 5.41 Å². The van der Waals surface area contributed by atoms with Gasteiger partial charge in [-0.1, -0.05) is 86.7 Å². The Kier molecular flexibility index (Phi) is 7.26. The summed E-state index contributed by atoms with van der Waals surface area (Å²) in [4.78, 5) is 2.39. The summed E-state index contributed by atoms with van der Waals surface area (Å²) in [6.45, 7) is 9.48. The van der Waals surface area contributed by atoms with E-state index in [1.807, 2.05) is 0 Å². The summed E-state index contributed by atoms with van der Waals surface area (Å²) in [5.41, 5.74) is 10.9. The van der Waals surface area contributed by atoms with E-state index in [0.29, 0.717) is 0 Å². The summed E-state index contributed by atoms with van der Waals surface area (Å²) < 4.78 is 2.39. The van der Waals surface area contributed by atoms with Crippen molar-refractivity contribution in [3.8, 4) is 0 Å². The topological polar surface area (TPSA) is 6.25 Å². The molecule has 2 nitrogen and oxygen atoms in total. The molecular weight excluding hydrogens is 544 g/mol. The van der Waals surface area contributed by atoms with Crippen molar-refractivity contribution >= 4 is 38.6 Å². The molecule has 0 spiro atoms. The zero-order valence-electron chi connectivity index (χ0n) is 26.2. The first-order valence-corrected chi connectivity index (χ1v) is 15.4. The van der Waals surface area contributed by atoms with Crippen LogP contribution in [0.1, 0.15) is 58.1 Å². The molecule has 2 aliphatic heterocycles. The molecule has 0 aromatic heterocycles. The number of halogens is 1. The molecule has 1 aliphatic carbocycles. The van der Waals surface area contributed by atoms with Gasteiger partial charge in [0.25, 0.3) is 0 Å². The minimum Gasteiger partial charge on any atom is -1.00 e. The van der Waals surface area contributed by atoms with Gasteiger partial charge in [0.2, 0.25) is 5.69 Å². The van der Waals surface area contributed by atoms with Gasteiger partial charge in [-0.25, -0.2) is 0 Å². The average molecular weight is 585 g/mol. The maximum atomic E-state index is 2.42. The lowest BCUT2D eigenvalue weighted by Gasteiger charge is -2.24. The van der Waals surface area contributed by atoms with Crippen molar-refractivity contribution in [1.82, 2.24) is 0 Å². The van der Waals surface area contributed by atoms with Crippen LogP contribution in [0.3, 0.4) is 0 Å². The molecule has 2 heterocycles. The molecule has 0 radical (unpaired) electrons. The third-order valence-corrected chi connectivity index (χ3v) is 10.0. The van der Waals surface area contributed by atoms with Gasteiger partial charge in [0, 0.05) is 41.6 Å². The first-order valence-electron chi connectivity index (χ1n) is 15.4. The van der Waals surface area contributed by atoms with Crippen molar-refractivity contribution in [3.05, 3.63) is 131 Å². The maximum Gasteiger partial charge on any atom is 0.210 e. The third-order valence-electron chi connectivity index (χ3n) is 10.0. The van der Waals surface area contributed by atoms with E-state index in [1.54, 1.807) is 0 Å². The largest absolute Gasteiger partial charge is 1.00 e. The second-order valence-electron chi connectivity index (χ2n) is 13.3. The molecular formula is C40H41ClN2. The Morgan fingerprint density at radius 1 is 0.721 bits per heavy atom. The third kappa shape index (κ3) is 4.59. The highest BCUT2D eigenvalue weighted by atomic mass is 35.5. The van der Waals surface area contributed by atoms with E-state index in [0.717, 1.165) is 12.8 Å². The minimum atomic E-state index is -0.0580. The van der Waals surface area contributed by atoms with E-state index in [4.69, 9.17) is 0 Å². The quantitative estimate of drug-likeness (QED) is 0.237. The molecule has 3 aliphatic rings. The lowest BCUT2D eigenvalue weighted by atomic mass is 9.79. The monoisotopic (exact) mass is 584 g/mol. The van der Waals surface area contributed by atoms with Gasteiger partial charge in [-0.2, -0.15) is 4.58 Å². The second-order valence-corrected chi connectivity index (χ2v) is 13.3. The van der Waals surface area contributed by atoms with Gasteiger partial charge < -0.3 is 17.3 Å². The number of anilines is 1. The highest BCUT2D eigenvalue weighted by Crippen LogP contribution is 2.50. The standard InChI is InChI=1S/C40H41N2.ClH/c1-39(2)35(41(5)33-22-20-29-14-7-9-16-31(29)37(33)39)24-18-27-12-11-13-28(26-27)19-25-36-40(3,4)38-32-17-10-8-15-30(32)21-23-34(38)42(36)6;/h7-10,14-26H,11-13H2,1-6H3;1H/q+1;/p-1. The number of benzene rings is 4. The average Bonchev–Trinajstić information content (AvgIpc) is 3.32. The van der Waals surface area contributed by atoms with Crippen molar-refractivity contribution in [2.24, 2.45) is 0 Å². The first-order chi connectivity index (χ1) is 20.2. The highest BCUT2D eigenvalue weighted by Gasteiger charge is 2.44. The van der Waals surface area contributed by atoms with Crippen LogP contribution in [-0.4, -0.2) is 24.4 Å². The smallest absolute Gasteiger partial charge is 0.210 e. The van der Waals surface area contributed by atoms with E-state index < -0.39 is 0 Å². The summed E-state index contributed by atoms with van der Waals surface area (Å²) in [5.74, 6) is 0. The van der Waals surface area contributed by atoms with Gasteiger partial charge in [-0.05, 0) is 89.6 Å². The fourth-order valence-electron chi connectivity index (χ4n) is 7.90. The van der Waals surface area contributed by atoms with E-state index in [-0.39, 0.29) is 23.2 Å². The number of allylic oxidation sites excluding steroid dienone is 8. The van der Waals surface area contributed by atoms with Crippen LogP contribution >= 0.6 is 0 Å². The van der Waals surface area contributed by atoms with Crippen LogP contribution in [0.25, 0.3) is 21.5 Å². The predicted molar refractivity (Wildman–Crippen MR) is 180 cm³/mol. The summed E-state index contributed by atoms with van der Waals surface area (Å²) in [5, 5.41) is 5.35. The van der Waals surface area contributed by atoms with Crippen molar-refractivity contribution in [2.75, 3.05) is 19.0 Å². The SMILES string of the molecule is CN1/C(=C/C=C2C=C(/C=C/C3=[N+](C)c4ccc5ccccc5c4C3(C)C)CCC/2)C(C)(C)c2c1ccc1ccccc21.[Cl-]. The van der Waals surface area contributed by atoms with Crippen LogP contribution < -0.4 is 17.3 Å². The summed E-state index contributed by atoms with van der Waals surface area (Å²) >= 11 is 0. The van der Waals surface area contributed by atoms with Crippen LogP contribution in [0, 0.1) is 0 Å². The Labute approximate surface area is 262 Å². The molecule has 0 atom stereocenters. The second kappa shape index (κ2) is 10.7. The molecule has 0 N–H and O–H groups in total. The Morgan fingerprint density at radius 2 is 1.37 bits per heavy atom. The molecule has 0 bridgehead atoms. The molecule has 0 unspecified atom stereocenters. The Morgan fingerprint density at radius 3 is 2.09 bits per heavy atom. The number of nitrogens with zero attached hydrogens (tertiary/aromatic N) is 2. The molecule has 4 aromatic carbocycles. The normalized spacial score (nSPS) is 20.7. The van der Waals surface area contributed by atoms with Gasteiger partial charge >= 0.3 is 0 Å². The molecule has 43 heavy (non-hydrogen) atoms. The number of hydrogen-bond donors (Lipinski definition) is 0. The zero-order chi connectivity index (χ0) is 29.2. The number of hydrogen-bond acceptors (Lipinski definition) is 1. The van der Waals surface area contributed by atoms with Crippen LogP contribution in [-0.2, 0) is 10.8 Å². The molecule has 218 valence electrons. The number of likely N-dealkylation sites (N-methyl/N-ethyl adjacent to an activating group) is 1. The van der Waals surface area contributed by atoms with Crippen molar-refractivity contribution in [3.63, 3.8) is 0 Å². The fraction of sp³-hybridized carbons (Fsp3) is 0.275. The van der Waals surface area contributed by atoms with Crippen LogP contribution in [0.5, 0.6) is 0 Å². The van der Waals surface area contributed by atoms with E-state index >= 15 is 0 Å². The summed E-state index contributed by atoms with van der Waals surface area (Å²) in [6.07, 6.45) is 15.3. The lowest BCUT2D eigenvalue weighted by Crippen LogP contribution is -3.00. The molecule has 0 fully saturated rings. The van der Waals surface area contributed by atoms with Gasteiger partial charge in [-0.3, -0.25) is 0 Å². The Hall–Kier alpha value is -3.88. The molecule has 0 saturated heterocycles. The summed E-state index contributed by atoms with van der Waals surface area (Å²) in [6, 6.07) is 26.7. The number of fused-ring (bicyclic) bond motifs is 6. The molecule has 0 amide bonds. The zero-order valence-corrected chi connectivity index (χ0v) is 27.0. The minimum absolute atomic E-state index is 0. The van der Waals surface area contributed by atoms with Crippen LogP contribution in [0.4, 0.5) is 11.4 Å². The fourth-order valence-corrected chi connectivity index (χ4v) is 7.90. The predicted octanol–water partition coefficient (Wildman–Crippen LogP) is 6.91. The number of rotatable bonds is 3. The van der Waals surface area contributed by atoms with E-state index in [2.05, 4.69) is 154 Å². The van der Waals surface area contributed by atoms with Crippen molar-refractivity contribution in [2.45, 2.75) is 57.8 Å². The first kappa shape index (κ1) is 29.2. The summed E-state index contributed by atoms with van der Waals surface area (Å²) in [7, 11) is 4.44. The molecule has 4 aromatic rings. The lowest BCUT2D eigenvalue weighted by molar-refractivity contribution is -0.401. The molecule has 0 saturated carbocycles. The Balaban J connectivity index is 0.00000329. The molecule has 3 heteroatoms. The maximum absolute atomic E-state index is 2.42. The van der Waals surface area contributed by atoms with E-state index in [1.165, 1.54) is 73.0 Å². The van der Waals surface area contributed by atoms with Crippen LogP contribution in [0.15, 0.2) is 120 Å². The van der Waals surface area contributed by atoms with Gasteiger partial charge in [-0.15, -0.1) is 0 Å². The van der Waals surface area contributed by atoms with Gasteiger partial charge in [0.15, 0.2) is 5.71 Å². The Bertz CT molecular complexity index is 1930. The van der Waals surface area contributed by atoms with Gasteiger partial charge in [0.1, 0.15) is 7.05 Å². The molecule has 7 rings (SSSR count). The van der Waals surface area contributed by atoms with Crippen molar-refractivity contribution in [1.29, 1.82) is 0 Å².